The zero-order valence-corrected chi connectivity index (χ0v) is 20.9. The number of halogens is 1. The van der Waals surface area contributed by atoms with E-state index < -0.39 is 0 Å². The number of aliphatic hydroxyl groups excluding tert-OH is 1. The highest BCUT2D eigenvalue weighted by Crippen LogP contribution is 2.39. The van der Waals surface area contributed by atoms with Crippen LogP contribution < -0.4 is 20.3 Å². The Morgan fingerprint density at radius 1 is 1.23 bits per heavy atom. The van der Waals surface area contributed by atoms with Crippen LogP contribution in [0.2, 0.25) is 0 Å². The average Bonchev–Trinajstić information content (AvgIpc) is 2.77. The Balaban J connectivity index is 0.00000341. The quantitative estimate of drug-likeness (QED) is 0.192. The summed E-state index contributed by atoms with van der Waals surface area (Å²) >= 11 is 0. The number of aliphatic imine (C=N–C) groups is 1. The monoisotopic (exact) mass is 544 g/mol. The fourth-order valence-electron chi connectivity index (χ4n) is 4.46. The molecule has 0 spiro atoms. The molecule has 174 valence electrons. The number of nitrogens with zero attached hydrogens (tertiary/aromatic N) is 2. The number of hydrogen-bond acceptors (Lipinski definition) is 4. The lowest BCUT2D eigenvalue weighted by Crippen LogP contribution is -2.42. The average molecular weight is 544 g/mol. The van der Waals surface area contributed by atoms with E-state index in [-0.39, 0.29) is 48.5 Å². The molecule has 8 heteroatoms. The molecule has 0 unspecified atom stereocenters. The Kier molecular flexibility index (Phi) is 10.9. The van der Waals surface area contributed by atoms with Gasteiger partial charge < -0.3 is 25.4 Å². The van der Waals surface area contributed by atoms with Crippen LogP contribution in [0, 0.1) is 5.41 Å². The van der Waals surface area contributed by atoms with E-state index in [2.05, 4.69) is 17.6 Å². The van der Waals surface area contributed by atoms with Crippen LogP contribution in [0.4, 0.5) is 5.69 Å². The maximum atomic E-state index is 12.3. The fraction of sp³-hybridized carbons (Fsp3) is 0.652. The summed E-state index contributed by atoms with van der Waals surface area (Å²) in [6, 6.07) is 7.67. The van der Waals surface area contributed by atoms with Gasteiger partial charge in [-0.3, -0.25) is 9.79 Å². The molecule has 0 aromatic heterocycles. The van der Waals surface area contributed by atoms with Gasteiger partial charge in [-0.15, -0.1) is 24.0 Å². The number of para-hydroxylation sites is 2. The molecule has 3 N–H and O–H groups in total. The first-order chi connectivity index (χ1) is 14.7. The van der Waals surface area contributed by atoms with Gasteiger partial charge >= 0.3 is 0 Å². The molecule has 1 aromatic carbocycles. The molecule has 3 rings (SSSR count). The first kappa shape index (κ1) is 25.7. The van der Waals surface area contributed by atoms with E-state index in [0.717, 1.165) is 62.7 Å². The molecule has 0 radical (unpaired) electrons. The van der Waals surface area contributed by atoms with Crippen molar-refractivity contribution in [3.05, 3.63) is 24.3 Å². The lowest BCUT2D eigenvalue weighted by atomic mass is 9.72. The van der Waals surface area contributed by atoms with Gasteiger partial charge in [0.15, 0.2) is 12.6 Å². The van der Waals surface area contributed by atoms with Gasteiger partial charge in [-0.25, -0.2) is 0 Å². The fourth-order valence-corrected chi connectivity index (χ4v) is 4.46. The Hall–Kier alpha value is -1.55. The zero-order valence-electron chi connectivity index (χ0n) is 18.6. The summed E-state index contributed by atoms with van der Waals surface area (Å²) in [5.74, 6) is 1.58. The van der Waals surface area contributed by atoms with Crippen LogP contribution >= 0.6 is 24.0 Å². The number of ether oxygens (including phenoxy) is 1. The van der Waals surface area contributed by atoms with E-state index in [1.54, 1.807) is 0 Å². The van der Waals surface area contributed by atoms with Crippen molar-refractivity contribution in [1.82, 2.24) is 10.6 Å². The predicted octanol–water partition coefficient (Wildman–Crippen LogP) is 3.31. The van der Waals surface area contributed by atoms with Crippen molar-refractivity contribution in [1.29, 1.82) is 0 Å². The molecule has 1 aliphatic carbocycles. The number of guanidine groups is 1. The van der Waals surface area contributed by atoms with Crippen LogP contribution in [-0.4, -0.2) is 56.4 Å². The van der Waals surface area contributed by atoms with E-state index in [4.69, 9.17) is 9.73 Å². The lowest BCUT2D eigenvalue weighted by Gasteiger charge is -2.35. The summed E-state index contributed by atoms with van der Waals surface area (Å²) in [5.41, 5.74) is 0.983. The first-order valence-electron chi connectivity index (χ1n) is 11.3. The summed E-state index contributed by atoms with van der Waals surface area (Å²) in [5, 5.41) is 16.2. The number of benzene rings is 1. The summed E-state index contributed by atoms with van der Waals surface area (Å²) in [6.45, 7) is 5.30. The highest BCUT2D eigenvalue weighted by molar-refractivity contribution is 14.0. The van der Waals surface area contributed by atoms with Gasteiger partial charge in [0.05, 0.1) is 5.69 Å². The van der Waals surface area contributed by atoms with Gasteiger partial charge in [0.1, 0.15) is 5.75 Å². The van der Waals surface area contributed by atoms with Crippen molar-refractivity contribution in [3.63, 3.8) is 0 Å². The highest BCUT2D eigenvalue weighted by atomic mass is 127. The summed E-state index contributed by atoms with van der Waals surface area (Å²) < 4.78 is 5.51. The van der Waals surface area contributed by atoms with E-state index in [1.807, 2.05) is 29.2 Å². The number of nitrogens with one attached hydrogen (secondary N) is 2. The van der Waals surface area contributed by atoms with Crippen molar-refractivity contribution in [3.8, 4) is 5.75 Å². The number of carbonyl (C=O) groups excluding carboxylic acids is 1. The van der Waals surface area contributed by atoms with Gasteiger partial charge in [-0.05, 0) is 50.2 Å². The van der Waals surface area contributed by atoms with Gasteiger partial charge in [-0.1, -0.05) is 31.4 Å². The van der Waals surface area contributed by atoms with Crippen molar-refractivity contribution < 1.29 is 14.6 Å². The van der Waals surface area contributed by atoms with E-state index in [1.165, 1.54) is 19.3 Å². The third-order valence-electron chi connectivity index (χ3n) is 6.13. The van der Waals surface area contributed by atoms with Crippen molar-refractivity contribution in [2.75, 3.05) is 44.3 Å². The normalized spacial score (nSPS) is 17.9. The zero-order chi connectivity index (χ0) is 21.2. The molecule has 1 aliphatic heterocycles. The number of amides is 1. The van der Waals surface area contributed by atoms with E-state index in [9.17, 15) is 9.90 Å². The van der Waals surface area contributed by atoms with Crippen LogP contribution in [0.3, 0.4) is 0 Å². The largest absolute Gasteiger partial charge is 0.482 e. The molecule has 1 saturated carbocycles. The van der Waals surface area contributed by atoms with Crippen LogP contribution in [0.25, 0.3) is 0 Å². The van der Waals surface area contributed by atoms with Crippen LogP contribution in [-0.2, 0) is 4.79 Å². The molecule has 1 fully saturated rings. The minimum Gasteiger partial charge on any atom is -0.482 e. The maximum absolute atomic E-state index is 12.3. The second kappa shape index (κ2) is 13.1. The van der Waals surface area contributed by atoms with Crippen molar-refractivity contribution >= 4 is 41.5 Å². The molecule has 2 aliphatic rings. The molecule has 7 nitrogen and oxygen atoms in total. The molecule has 1 amide bonds. The molecule has 1 aromatic rings. The Bertz CT molecular complexity index is 717. The van der Waals surface area contributed by atoms with Gasteiger partial charge in [0, 0.05) is 32.8 Å². The Labute approximate surface area is 203 Å². The molecular formula is C23H37IN4O3. The SMILES string of the molecule is CCNC(=NCC1(CCO)CCCCC1)NCCCN1C(=O)COc2ccccc21.I. The summed E-state index contributed by atoms with van der Waals surface area (Å²) in [6.07, 6.45) is 7.69. The Morgan fingerprint density at radius 2 is 2.00 bits per heavy atom. The summed E-state index contributed by atoms with van der Waals surface area (Å²) in [7, 11) is 0. The highest BCUT2D eigenvalue weighted by Gasteiger charge is 2.31. The second-order valence-corrected chi connectivity index (χ2v) is 8.31. The molecule has 31 heavy (non-hydrogen) atoms. The molecule has 0 bridgehead atoms. The van der Waals surface area contributed by atoms with Crippen LogP contribution in [0.5, 0.6) is 5.75 Å². The van der Waals surface area contributed by atoms with Crippen molar-refractivity contribution in [2.45, 2.75) is 51.9 Å². The second-order valence-electron chi connectivity index (χ2n) is 8.31. The first-order valence-corrected chi connectivity index (χ1v) is 11.3. The number of anilines is 1. The van der Waals surface area contributed by atoms with E-state index in [0.29, 0.717) is 6.54 Å². The molecule has 0 atom stereocenters. The Morgan fingerprint density at radius 3 is 2.74 bits per heavy atom. The topological polar surface area (TPSA) is 86.2 Å². The lowest BCUT2D eigenvalue weighted by molar-refractivity contribution is -0.121. The maximum Gasteiger partial charge on any atom is 0.265 e. The number of rotatable bonds is 9. The minimum absolute atomic E-state index is 0. The standard InChI is InChI=1S/C23H36N4O3.HI/c1-2-24-22(26-18-23(13-16-28)11-6-3-7-12-23)25-14-8-15-27-19-9-4-5-10-20(19)30-17-21(27)29;/h4-5,9-10,28H,2-3,6-8,11-18H2,1H3,(H2,24,25,26);1H. The molecule has 0 saturated heterocycles. The number of carbonyl (C=O) groups is 1. The van der Waals surface area contributed by atoms with Crippen LogP contribution in [0.15, 0.2) is 29.3 Å². The smallest absolute Gasteiger partial charge is 0.265 e. The molecular weight excluding hydrogens is 507 g/mol. The van der Waals surface area contributed by atoms with Gasteiger partial charge in [-0.2, -0.15) is 0 Å². The minimum atomic E-state index is -0.00230. The van der Waals surface area contributed by atoms with Gasteiger partial charge in [0.25, 0.3) is 5.91 Å². The number of fused-ring (bicyclic) bond motifs is 1. The summed E-state index contributed by atoms with van der Waals surface area (Å²) in [4.78, 5) is 18.9. The van der Waals surface area contributed by atoms with Gasteiger partial charge in [0.2, 0.25) is 0 Å². The molecule has 1 heterocycles. The van der Waals surface area contributed by atoms with Crippen LogP contribution in [0.1, 0.15) is 51.9 Å². The number of hydrogen-bond donors (Lipinski definition) is 3. The third-order valence-corrected chi connectivity index (χ3v) is 6.13. The van der Waals surface area contributed by atoms with E-state index >= 15 is 0 Å². The number of aliphatic hydroxyl groups is 1. The third kappa shape index (κ3) is 7.24. The predicted molar refractivity (Wildman–Crippen MR) is 136 cm³/mol. The van der Waals surface area contributed by atoms with Crippen molar-refractivity contribution in [2.24, 2.45) is 10.4 Å².